The van der Waals surface area contributed by atoms with Gasteiger partial charge in [0.2, 0.25) is 0 Å². The van der Waals surface area contributed by atoms with Gasteiger partial charge in [-0.1, -0.05) is 13.3 Å². The molecule has 0 spiro atoms. The number of imidazole rings is 1. The van der Waals surface area contributed by atoms with E-state index in [2.05, 4.69) is 30.7 Å². The number of likely N-dealkylation sites (N-methyl/N-ethyl adjacent to an activating group) is 1. The molecule has 0 aliphatic heterocycles. The summed E-state index contributed by atoms with van der Waals surface area (Å²) in [6.45, 7) is 4.71. The Hall–Kier alpha value is -4.12. The van der Waals surface area contributed by atoms with Gasteiger partial charge in [0.15, 0.2) is 5.82 Å². The highest BCUT2D eigenvalue weighted by atomic mass is 16.5. The highest BCUT2D eigenvalue weighted by Crippen LogP contribution is 2.28. The number of unbranched alkanes of at least 4 members (excludes halogenated alkanes) is 1. The third kappa shape index (κ3) is 7.00. The molecule has 0 saturated carbocycles. The monoisotopic (exact) mass is 521 g/mol. The lowest BCUT2D eigenvalue weighted by Crippen LogP contribution is -2.30. The van der Waals surface area contributed by atoms with Crippen LogP contribution in [0.1, 0.15) is 36.5 Å². The Labute approximate surface area is 221 Å². The molecule has 0 radical (unpaired) electrons. The van der Waals surface area contributed by atoms with Gasteiger partial charge in [0, 0.05) is 36.7 Å². The van der Waals surface area contributed by atoms with Crippen molar-refractivity contribution in [2.75, 3.05) is 46.9 Å². The molecule has 2 amide bonds. The second-order valence-electron chi connectivity index (χ2n) is 9.27. The second-order valence-corrected chi connectivity index (χ2v) is 9.27. The highest BCUT2D eigenvalue weighted by molar-refractivity contribution is 6.01. The van der Waals surface area contributed by atoms with Crippen LogP contribution in [-0.4, -0.2) is 84.0 Å². The van der Waals surface area contributed by atoms with Crippen molar-refractivity contribution >= 4 is 33.9 Å². The van der Waals surface area contributed by atoms with Crippen LogP contribution in [-0.2, 0) is 4.74 Å². The topological polar surface area (TPSA) is 137 Å². The summed E-state index contributed by atoms with van der Waals surface area (Å²) in [5.41, 5.74) is 3.59. The lowest BCUT2D eigenvalue weighted by molar-refractivity contribution is 0.0953. The van der Waals surface area contributed by atoms with Crippen molar-refractivity contribution in [3.63, 3.8) is 0 Å². The van der Waals surface area contributed by atoms with Crippen molar-refractivity contribution in [2.45, 2.75) is 26.2 Å². The minimum Gasteiger partial charge on any atom is -0.492 e. The number of carbonyl (C=O) groups is 2. The van der Waals surface area contributed by atoms with Gasteiger partial charge >= 0.3 is 6.09 Å². The average Bonchev–Trinajstić information content (AvgIpc) is 3.51. The molecule has 0 fully saturated rings. The molecule has 2 aromatic heterocycles. The maximum absolute atomic E-state index is 12.7. The Kier molecular flexibility index (Phi) is 9.15. The number of nitrogens with one attached hydrogen (secondary N) is 4. The first kappa shape index (κ1) is 26.9. The van der Waals surface area contributed by atoms with Crippen LogP contribution < -0.4 is 15.4 Å². The number of rotatable bonds is 13. The number of fused-ring (bicyclic) bond motifs is 2. The van der Waals surface area contributed by atoms with Gasteiger partial charge in [-0.2, -0.15) is 5.10 Å². The van der Waals surface area contributed by atoms with E-state index in [1.165, 1.54) is 0 Å². The van der Waals surface area contributed by atoms with E-state index in [0.29, 0.717) is 49.8 Å². The van der Waals surface area contributed by atoms with Crippen molar-refractivity contribution in [2.24, 2.45) is 0 Å². The van der Waals surface area contributed by atoms with E-state index < -0.39 is 6.09 Å². The molecule has 0 aliphatic rings. The lowest BCUT2D eigenvalue weighted by atomic mass is 10.1. The Morgan fingerprint density at radius 3 is 2.66 bits per heavy atom. The summed E-state index contributed by atoms with van der Waals surface area (Å²) in [4.78, 5) is 34.4. The predicted molar refractivity (Wildman–Crippen MR) is 146 cm³/mol. The third-order valence-corrected chi connectivity index (χ3v) is 5.95. The van der Waals surface area contributed by atoms with Crippen LogP contribution in [0.4, 0.5) is 4.79 Å². The van der Waals surface area contributed by atoms with Crippen LogP contribution in [0.15, 0.2) is 36.4 Å². The zero-order valence-corrected chi connectivity index (χ0v) is 22.1. The molecule has 4 aromatic rings. The van der Waals surface area contributed by atoms with Gasteiger partial charge in [-0.25, -0.2) is 9.78 Å². The van der Waals surface area contributed by atoms with Crippen molar-refractivity contribution in [1.82, 2.24) is 35.7 Å². The van der Waals surface area contributed by atoms with Gasteiger partial charge in [0.25, 0.3) is 5.91 Å². The number of hydrogen-bond acceptors (Lipinski definition) is 7. The predicted octanol–water partition coefficient (Wildman–Crippen LogP) is 3.69. The van der Waals surface area contributed by atoms with Crippen molar-refractivity contribution in [1.29, 1.82) is 0 Å². The van der Waals surface area contributed by atoms with Gasteiger partial charge in [-0.05, 0) is 57.3 Å². The molecule has 4 rings (SSSR count). The fourth-order valence-corrected chi connectivity index (χ4v) is 3.82. The van der Waals surface area contributed by atoms with E-state index in [9.17, 15) is 9.59 Å². The standard InChI is InChI=1S/C27H35N7O4/c1-4-5-14-38-27(36)29-12-6-11-28-26(35)18-7-9-21-20(16-18)24(33-32-21)25-30-22-10-8-19(17-23(22)31-25)37-15-13-34(2)3/h7-10,16-17H,4-6,11-15H2,1-3H3,(H,28,35)(H,29,36)(H,30,31)(H,32,33). The number of alkyl carbamates (subject to hydrolysis) is 1. The molecule has 0 aliphatic carbocycles. The smallest absolute Gasteiger partial charge is 0.407 e. The number of aromatic amines is 2. The van der Waals surface area contributed by atoms with Crippen LogP contribution in [0.3, 0.4) is 0 Å². The van der Waals surface area contributed by atoms with E-state index in [1.807, 2.05) is 45.3 Å². The van der Waals surface area contributed by atoms with Crippen LogP contribution >= 0.6 is 0 Å². The summed E-state index contributed by atoms with van der Waals surface area (Å²) >= 11 is 0. The second kappa shape index (κ2) is 12.9. The number of benzene rings is 2. The molecule has 202 valence electrons. The number of nitrogens with zero attached hydrogens (tertiary/aromatic N) is 3. The quantitative estimate of drug-likeness (QED) is 0.197. The minimum atomic E-state index is -0.429. The lowest BCUT2D eigenvalue weighted by Gasteiger charge is -2.10. The summed E-state index contributed by atoms with van der Waals surface area (Å²) in [5, 5.41) is 13.8. The third-order valence-electron chi connectivity index (χ3n) is 5.95. The maximum Gasteiger partial charge on any atom is 0.407 e. The molecule has 0 saturated heterocycles. The fraction of sp³-hybridized carbons (Fsp3) is 0.407. The van der Waals surface area contributed by atoms with Gasteiger partial charge in [-0.3, -0.25) is 9.89 Å². The van der Waals surface area contributed by atoms with Crippen LogP contribution in [0.25, 0.3) is 33.5 Å². The van der Waals surface area contributed by atoms with Gasteiger partial charge in [0.1, 0.15) is 18.1 Å². The van der Waals surface area contributed by atoms with E-state index in [4.69, 9.17) is 14.5 Å². The van der Waals surface area contributed by atoms with Crippen LogP contribution in [0.2, 0.25) is 0 Å². The SMILES string of the molecule is CCCCOC(=O)NCCCNC(=O)c1ccc2[nH]nc(-c3nc4ccc(OCCN(C)C)cc4[nH]3)c2c1. The molecular formula is C27H35N7O4. The van der Waals surface area contributed by atoms with Crippen molar-refractivity contribution in [3.8, 4) is 17.3 Å². The summed E-state index contributed by atoms with van der Waals surface area (Å²) in [6, 6.07) is 11.1. The zero-order chi connectivity index (χ0) is 26.9. The minimum absolute atomic E-state index is 0.200. The Morgan fingerprint density at radius 2 is 1.84 bits per heavy atom. The number of aromatic nitrogens is 4. The van der Waals surface area contributed by atoms with Crippen molar-refractivity contribution < 1.29 is 19.1 Å². The summed E-state index contributed by atoms with van der Waals surface area (Å²) < 4.78 is 10.9. The van der Waals surface area contributed by atoms with E-state index in [0.717, 1.165) is 47.1 Å². The van der Waals surface area contributed by atoms with Crippen LogP contribution in [0.5, 0.6) is 5.75 Å². The van der Waals surface area contributed by atoms with Crippen molar-refractivity contribution in [3.05, 3.63) is 42.0 Å². The number of H-pyrrole nitrogens is 2. The summed E-state index contributed by atoms with van der Waals surface area (Å²) in [5.74, 6) is 1.17. The number of amides is 2. The molecule has 0 unspecified atom stereocenters. The van der Waals surface area contributed by atoms with E-state index in [1.54, 1.807) is 12.1 Å². The van der Waals surface area contributed by atoms with E-state index in [-0.39, 0.29) is 5.91 Å². The first-order valence-electron chi connectivity index (χ1n) is 12.9. The largest absolute Gasteiger partial charge is 0.492 e. The van der Waals surface area contributed by atoms with Gasteiger partial charge in [-0.15, -0.1) is 0 Å². The summed E-state index contributed by atoms with van der Waals surface area (Å²) in [7, 11) is 4.01. The van der Waals surface area contributed by atoms with Crippen LogP contribution in [0, 0.1) is 0 Å². The molecule has 0 atom stereocenters. The van der Waals surface area contributed by atoms with Gasteiger partial charge < -0.3 is 30.0 Å². The normalized spacial score (nSPS) is 11.3. The molecule has 11 nitrogen and oxygen atoms in total. The number of ether oxygens (including phenoxy) is 2. The molecule has 2 heterocycles. The maximum atomic E-state index is 12.7. The molecular weight excluding hydrogens is 486 g/mol. The molecule has 0 bridgehead atoms. The Balaban J connectivity index is 1.37. The molecule has 38 heavy (non-hydrogen) atoms. The average molecular weight is 522 g/mol. The number of carbonyl (C=O) groups excluding carboxylic acids is 2. The van der Waals surface area contributed by atoms with E-state index >= 15 is 0 Å². The highest BCUT2D eigenvalue weighted by Gasteiger charge is 2.15. The Bertz CT molecular complexity index is 1380. The molecule has 2 aromatic carbocycles. The van der Waals surface area contributed by atoms with Gasteiger partial charge in [0.05, 0.1) is 23.2 Å². The summed E-state index contributed by atoms with van der Waals surface area (Å²) in [6.07, 6.45) is 1.97. The molecule has 4 N–H and O–H groups in total. The first-order chi connectivity index (χ1) is 18.4. The fourth-order valence-electron chi connectivity index (χ4n) is 3.82. The molecule has 11 heteroatoms. The number of hydrogen-bond donors (Lipinski definition) is 4. The Morgan fingerprint density at radius 1 is 1.00 bits per heavy atom. The zero-order valence-electron chi connectivity index (χ0n) is 22.1. The first-order valence-corrected chi connectivity index (χ1v) is 12.9.